The van der Waals surface area contributed by atoms with Crippen LogP contribution in [0.1, 0.15) is 12.6 Å². The van der Waals surface area contributed by atoms with E-state index in [-0.39, 0.29) is 5.84 Å². The molecule has 1 heterocycles. The molecule has 0 unspecified atom stereocenters. The van der Waals surface area contributed by atoms with Crippen LogP contribution in [-0.4, -0.2) is 22.6 Å². The minimum absolute atomic E-state index is 0.0464. The Bertz CT molecular complexity index is 597. The highest BCUT2D eigenvalue weighted by molar-refractivity contribution is 5.95. The number of hydrogen-bond donors (Lipinski definition) is 2. The minimum atomic E-state index is -0.0464. The minimum Gasteiger partial charge on any atom is -0.494 e. The van der Waals surface area contributed by atoms with Gasteiger partial charge in [0.15, 0.2) is 5.84 Å². The van der Waals surface area contributed by atoms with Crippen molar-refractivity contribution in [2.45, 2.75) is 6.92 Å². The molecular formula is C14H15N3O3. The first-order valence-corrected chi connectivity index (χ1v) is 6.07. The van der Waals surface area contributed by atoms with Crippen LogP contribution in [0.15, 0.2) is 47.8 Å². The quantitative estimate of drug-likeness (QED) is 0.378. The van der Waals surface area contributed by atoms with Gasteiger partial charge < -0.3 is 20.4 Å². The molecule has 0 bridgehead atoms. The molecule has 0 atom stereocenters. The summed E-state index contributed by atoms with van der Waals surface area (Å²) in [5.74, 6) is 1.89. The fourth-order valence-corrected chi connectivity index (χ4v) is 1.57. The van der Waals surface area contributed by atoms with E-state index in [1.54, 1.807) is 18.2 Å². The molecule has 0 amide bonds. The SMILES string of the molecule is CCOc1cccc(Oc2ccc(/C(N)=N/O)nc2)c1. The standard InChI is InChI=1S/C14H15N3O3/c1-2-19-10-4-3-5-11(8-10)20-12-6-7-13(16-9-12)14(15)17-18/h3-9,18H,2H2,1H3,(H2,15,17). The lowest BCUT2D eigenvalue weighted by atomic mass is 10.3. The average molecular weight is 273 g/mol. The summed E-state index contributed by atoms with van der Waals surface area (Å²) < 4.78 is 11.0. The van der Waals surface area contributed by atoms with Gasteiger partial charge in [-0.2, -0.15) is 0 Å². The van der Waals surface area contributed by atoms with Crippen LogP contribution in [0.2, 0.25) is 0 Å². The highest BCUT2D eigenvalue weighted by atomic mass is 16.5. The number of pyridine rings is 1. The number of nitrogens with two attached hydrogens (primary N) is 1. The highest BCUT2D eigenvalue weighted by Crippen LogP contribution is 2.24. The van der Waals surface area contributed by atoms with Gasteiger partial charge in [0.1, 0.15) is 22.9 Å². The molecule has 0 aliphatic heterocycles. The molecule has 0 spiro atoms. The molecule has 104 valence electrons. The predicted molar refractivity (Wildman–Crippen MR) is 74.4 cm³/mol. The summed E-state index contributed by atoms with van der Waals surface area (Å²) in [7, 11) is 0. The molecular weight excluding hydrogens is 258 g/mol. The van der Waals surface area contributed by atoms with E-state index in [9.17, 15) is 0 Å². The second-order valence-electron chi connectivity index (χ2n) is 3.87. The molecule has 0 aliphatic rings. The zero-order valence-corrected chi connectivity index (χ0v) is 11.0. The van der Waals surface area contributed by atoms with E-state index in [1.807, 2.05) is 25.1 Å². The van der Waals surface area contributed by atoms with Crippen LogP contribution in [0, 0.1) is 0 Å². The van der Waals surface area contributed by atoms with Gasteiger partial charge in [0.25, 0.3) is 0 Å². The normalized spacial score (nSPS) is 11.2. The topological polar surface area (TPSA) is 90.0 Å². The van der Waals surface area contributed by atoms with Crippen molar-refractivity contribution in [3.8, 4) is 17.2 Å². The molecule has 0 radical (unpaired) electrons. The Morgan fingerprint density at radius 2 is 2.05 bits per heavy atom. The zero-order chi connectivity index (χ0) is 14.4. The Morgan fingerprint density at radius 3 is 2.70 bits per heavy atom. The predicted octanol–water partition coefficient (Wildman–Crippen LogP) is 2.37. The molecule has 0 aliphatic carbocycles. The third kappa shape index (κ3) is 3.38. The molecule has 3 N–H and O–H groups in total. The van der Waals surface area contributed by atoms with Crippen molar-refractivity contribution in [2.24, 2.45) is 10.9 Å². The largest absolute Gasteiger partial charge is 0.494 e. The number of aromatic nitrogens is 1. The smallest absolute Gasteiger partial charge is 0.188 e. The highest BCUT2D eigenvalue weighted by Gasteiger charge is 2.03. The van der Waals surface area contributed by atoms with Crippen LogP contribution >= 0.6 is 0 Å². The van der Waals surface area contributed by atoms with Crippen LogP contribution in [0.4, 0.5) is 0 Å². The van der Waals surface area contributed by atoms with Gasteiger partial charge in [-0.25, -0.2) is 4.98 Å². The van der Waals surface area contributed by atoms with E-state index in [2.05, 4.69) is 10.1 Å². The Hall–Kier alpha value is -2.76. The molecule has 2 rings (SSSR count). The van der Waals surface area contributed by atoms with E-state index < -0.39 is 0 Å². The summed E-state index contributed by atoms with van der Waals surface area (Å²) in [6.45, 7) is 2.52. The molecule has 20 heavy (non-hydrogen) atoms. The molecule has 6 nitrogen and oxygen atoms in total. The van der Waals surface area contributed by atoms with Crippen LogP contribution in [-0.2, 0) is 0 Å². The number of rotatable bonds is 5. The average Bonchev–Trinajstić information content (AvgIpc) is 2.48. The molecule has 0 fully saturated rings. The van der Waals surface area contributed by atoms with Gasteiger partial charge in [0, 0.05) is 6.07 Å². The van der Waals surface area contributed by atoms with Crippen molar-refractivity contribution in [1.29, 1.82) is 0 Å². The molecule has 1 aromatic heterocycles. The molecule has 0 saturated heterocycles. The summed E-state index contributed by atoms with van der Waals surface area (Å²) in [6.07, 6.45) is 1.50. The number of oxime groups is 1. The lowest BCUT2D eigenvalue weighted by Crippen LogP contribution is -2.14. The number of amidine groups is 1. The Balaban J connectivity index is 2.12. The lowest BCUT2D eigenvalue weighted by molar-refractivity contribution is 0.318. The summed E-state index contributed by atoms with van der Waals surface area (Å²) in [4.78, 5) is 4.03. The van der Waals surface area contributed by atoms with Gasteiger partial charge in [0.2, 0.25) is 0 Å². The van der Waals surface area contributed by atoms with Crippen LogP contribution < -0.4 is 15.2 Å². The lowest BCUT2D eigenvalue weighted by Gasteiger charge is -2.08. The maximum Gasteiger partial charge on any atom is 0.188 e. The first kappa shape index (κ1) is 13.7. The second kappa shape index (κ2) is 6.42. The first-order valence-electron chi connectivity index (χ1n) is 6.07. The van der Waals surface area contributed by atoms with E-state index in [1.165, 1.54) is 6.20 Å². The molecule has 0 saturated carbocycles. The zero-order valence-electron chi connectivity index (χ0n) is 11.0. The maximum absolute atomic E-state index is 8.55. The van der Waals surface area contributed by atoms with Gasteiger partial charge in [-0.05, 0) is 31.2 Å². The molecule has 1 aromatic carbocycles. The molecule has 2 aromatic rings. The van der Waals surface area contributed by atoms with Gasteiger partial charge in [-0.15, -0.1) is 0 Å². The summed E-state index contributed by atoms with van der Waals surface area (Å²) in [5.41, 5.74) is 5.81. The van der Waals surface area contributed by atoms with Crippen LogP contribution in [0.25, 0.3) is 0 Å². The molecule has 6 heteroatoms. The fourth-order valence-electron chi connectivity index (χ4n) is 1.57. The van der Waals surface area contributed by atoms with E-state index in [0.29, 0.717) is 23.8 Å². The van der Waals surface area contributed by atoms with Crippen molar-refractivity contribution < 1.29 is 14.7 Å². The summed E-state index contributed by atoms with van der Waals surface area (Å²) in [6, 6.07) is 10.6. The Labute approximate surface area is 116 Å². The number of nitrogens with zero attached hydrogens (tertiary/aromatic N) is 2. The van der Waals surface area contributed by atoms with Gasteiger partial charge >= 0.3 is 0 Å². The second-order valence-corrected chi connectivity index (χ2v) is 3.87. The van der Waals surface area contributed by atoms with Crippen molar-refractivity contribution in [2.75, 3.05) is 6.61 Å². The van der Waals surface area contributed by atoms with Crippen molar-refractivity contribution in [1.82, 2.24) is 4.98 Å². The third-order valence-electron chi connectivity index (χ3n) is 2.46. The third-order valence-corrected chi connectivity index (χ3v) is 2.46. The Kier molecular flexibility index (Phi) is 4.39. The van der Waals surface area contributed by atoms with Crippen molar-refractivity contribution in [3.63, 3.8) is 0 Å². The van der Waals surface area contributed by atoms with E-state index in [0.717, 1.165) is 5.75 Å². The van der Waals surface area contributed by atoms with Gasteiger partial charge in [-0.3, -0.25) is 0 Å². The van der Waals surface area contributed by atoms with E-state index in [4.69, 9.17) is 20.4 Å². The number of ether oxygens (including phenoxy) is 2. The Morgan fingerprint density at radius 1 is 1.25 bits per heavy atom. The van der Waals surface area contributed by atoms with Crippen molar-refractivity contribution >= 4 is 5.84 Å². The van der Waals surface area contributed by atoms with E-state index >= 15 is 0 Å². The summed E-state index contributed by atoms with van der Waals surface area (Å²) in [5, 5.41) is 11.4. The number of hydrogen-bond acceptors (Lipinski definition) is 5. The maximum atomic E-state index is 8.55. The van der Waals surface area contributed by atoms with Crippen LogP contribution in [0.3, 0.4) is 0 Å². The monoisotopic (exact) mass is 273 g/mol. The number of benzene rings is 1. The summed E-state index contributed by atoms with van der Waals surface area (Å²) >= 11 is 0. The van der Waals surface area contributed by atoms with Crippen LogP contribution in [0.5, 0.6) is 17.2 Å². The van der Waals surface area contributed by atoms with Gasteiger partial charge in [-0.1, -0.05) is 11.2 Å². The fraction of sp³-hybridized carbons (Fsp3) is 0.143. The first-order chi connectivity index (χ1) is 9.72. The van der Waals surface area contributed by atoms with Crippen molar-refractivity contribution in [3.05, 3.63) is 48.3 Å². The van der Waals surface area contributed by atoms with Gasteiger partial charge in [0.05, 0.1) is 12.8 Å².